The van der Waals surface area contributed by atoms with E-state index in [1.165, 1.54) is 4.90 Å². The van der Waals surface area contributed by atoms with Crippen molar-refractivity contribution in [2.24, 2.45) is 0 Å². The monoisotopic (exact) mass is 446 g/mol. The number of halogens is 1. The van der Waals surface area contributed by atoms with Crippen molar-refractivity contribution in [2.45, 2.75) is 20.8 Å². The van der Waals surface area contributed by atoms with Gasteiger partial charge in [0.25, 0.3) is 11.8 Å². The minimum Gasteiger partial charge on any atom is -0.497 e. The predicted octanol–water partition coefficient (Wildman–Crippen LogP) is 5.67. The van der Waals surface area contributed by atoms with Crippen LogP contribution in [0, 0.1) is 20.8 Å². The van der Waals surface area contributed by atoms with Gasteiger partial charge in [0, 0.05) is 10.7 Å². The zero-order chi connectivity index (χ0) is 23.0. The van der Waals surface area contributed by atoms with Gasteiger partial charge in [-0.05, 0) is 73.4 Å². The molecule has 0 atom stereocenters. The van der Waals surface area contributed by atoms with Crippen LogP contribution >= 0.6 is 11.6 Å². The third kappa shape index (κ3) is 3.76. The summed E-state index contributed by atoms with van der Waals surface area (Å²) < 4.78 is 5.24. The number of nitrogens with zero attached hydrogens (tertiary/aromatic N) is 1. The van der Waals surface area contributed by atoms with Crippen molar-refractivity contribution >= 4 is 40.4 Å². The summed E-state index contributed by atoms with van der Waals surface area (Å²) in [6.45, 7) is 5.85. The molecule has 0 aromatic heterocycles. The maximum atomic E-state index is 13.6. The van der Waals surface area contributed by atoms with E-state index in [4.69, 9.17) is 16.3 Å². The molecule has 0 unspecified atom stereocenters. The van der Waals surface area contributed by atoms with Gasteiger partial charge in [0.05, 0.1) is 18.4 Å². The molecule has 5 nitrogen and oxygen atoms in total. The van der Waals surface area contributed by atoms with E-state index in [0.717, 1.165) is 22.4 Å². The van der Waals surface area contributed by atoms with Crippen LogP contribution in [0.4, 0.5) is 11.4 Å². The minimum absolute atomic E-state index is 0.227. The Bertz CT molecular complexity index is 1260. The Morgan fingerprint density at radius 2 is 1.59 bits per heavy atom. The number of hydrogen-bond acceptors (Lipinski definition) is 4. The van der Waals surface area contributed by atoms with Crippen molar-refractivity contribution in [1.82, 2.24) is 0 Å². The average molecular weight is 447 g/mol. The number of rotatable bonds is 5. The molecule has 0 saturated heterocycles. The fraction of sp³-hybridized carbons (Fsp3) is 0.154. The van der Waals surface area contributed by atoms with Crippen LogP contribution in [-0.2, 0) is 9.59 Å². The summed E-state index contributed by atoms with van der Waals surface area (Å²) >= 11 is 6.29. The molecule has 3 aromatic rings. The number of anilines is 2. The number of ether oxygens (including phenoxy) is 1. The number of aryl methyl sites for hydroxylation is 2. The lowest BCUT2D eigenvalue weighted by Crippen LogP contribution is -2.32. The smallest absolute Gasteiger partial charge is 0.282 e. The van der Waals surface area contributed by atoms with Gasteiger partial charge in [-0.3, -0.25) is 9.59 Å². The van der Waals surface area contributed by atoms with E-state index < -0.39 is 11.8 Å². The molecule has 1 heterocycles. The zero-order valence-electron chi connectivity index (χ0n) is 18.3. The summed E-state index contributed by atoms with van der Waals surface area (Å²) in [5.41, 5.74) is 5.31. The molecular formula is C26H23ClN2O3. The van der Waals surface area contributed by atoms with E-state index in [1.807, 2.05) is 39.0 Å². The highest BCUT2D eigenvalue weighted by atomic mass is 35.5. The van der Waals surface area contributed by atoms with Crippen LogP contribution < -0.4 is 15.0 Å². The first kappa shape index (κ1) is 21.7. The highest BCUT2D eigenvalue weighted by Crippen LogP contribution is 2.36. The molecule has 0 radical (unpaired) electrons. The molecule has 32 heavy (non-hydrogen) atoms. The summed E-state index contributed by atoms with van der Waals surface area (Å²) in [7, 11) is 1.58. The van der Waals surface area contributed by atoms with Crippen molar-refractivity contribution in [3.05, 3.63) is 93.6 Å². The zero-order valence-corrected chi connectivity index (χ0v) is 19.1. The van der Waals surface area contributed by atoms with E-state index in [1.54, 1.807) is 49.6 Å². The third-order valence-corrected chi connectivity index (χ3v) is 6.15. The number of nitrogens with one attached hydrogen (secondary N) is 1. The molecular weight excluding hydrogens is 424 g/mol. The molecule has 4 rings (SSSR count). The van der Waals surface area contributed by atoms with Crippen LogP contribution in [0.3, 0.4) is 0 Å². The van der Waals surface area contributed by atoms with E-state index in [2.05, 4.69) is 5.32 Å². The second-order valence-corrected chi connectivity index (χ2v) is 8.14. The number of carbonyl (C=O) groups is 2. The van der Waals surface area contributed by atoms with Gasteiger partial charge < -0.3 is 10.1 Å². The quantitative estimate of drug-likeness (QED) is 0.513. The summed E-state index contributed by atoms with van der Waals surface area (Å²) in [5, 5.41) is 3.73. The Kier molecular flexibility index (Phi) is 5.76. The molecule has 162 valence electrons. The van der Waals surface area contributed by atoms with Crippen LogP contribution in [-0.4, -0.2) is 18.9 Å². The molecule has 0 saturated carbocycles. The van der Waals surface area contributed by atoms with Gasteiger partial charge in [0.15, 0.2) is 0 Å². The summed E-state index contributed by atoms with van der Waals surface area (Å²) in [6.07, 6.45) is 0. The van der Waals surface area contributed by atoms with Crippen molar-refractivity contribution in [2.75, 3.05) is 17.3 Å². The maximum absolute atomic E-state index is 13.6. The van der Waals surface area contributed by atoms with E-state index >= 15 is 0 Å². The van der Waals surface area contributed by atoms with E-state index in [0.29, 0.717) is 27.6 Å². The van der Waals surface area contributed by atoms with Crippen LogP contribution in [0.5, 0.6) is 5.75 Å². The SMILES string of the molecule is COc1ccc(C2=C(Nc3cccc(C)c3C)C(=O)N(c3ccc(C)c(Cl)c3)C2=O)cc1. The molecule has 1 N–H and O–H groups in total. The van der Waals surface area contributed by atoms with Gasteiger partial charge in [-0.25, -0.2) is 4.90 Å². The second-order valence-electron chi connectivity index (χ2n) is 7.73. The van der Waals surface area contributed by atoms with Crippen LogP contribution in [0.25, 0.3) is 5.57 Å². The molecule has 3 aromatic carbocycles. The van der Waals surface area contributed by atoms with Gasteiger partial charge in [-0.1, -0.05) is 41.9 Å². The molecule has 0 spiro atoms. The lowest BCUT2D eigenvalue weighted by atomic mass is 10.0. The van der Waals surface area contributed by atoms with Crippen molar-refractivity contribution in [3.8, 4) is 5.75 Å². The first-order chi connectivity index (χ1) is 15.3. The Morgan fingerprint density at radius 1 is 0.875 bits per heavy atom. The summed E-state index contributed by atoms with van der Waals surface area (Å²) in [6, 6.07) is 18.0. The lowest BCUT2D eigenvalue weighted by Gasteiger charge is -2.17. The van der Waals surface area contributed by atoms with Crippen molar-refractivity contribution in [3.63, 3.8) is 0 Å². The Balaban J connectivity index is 1.85. The van der Waals surface area contributed by atoms with Gasteiger partial charge in [-0.15, -0.1) is 0 Å². The van der Waals surface area contributed by atoms with Gasteiger partial charge in [-0.2, -0.15) is 0 Å². The Morgan fingerprint density at radius 3 is 2.25 bits per heavy atom. The first-order valence-corrected chi connectivity index (χ1v) is 10.6. The molecule has 0 bridgehead atoms. The largest absolute Gasteiger partial charge is 0.497 e. The summed E-state index contributed by atoms with van der Waals surface area (Å²) in [5.74, 6) is -0.174. The molecule has 1 aliphatic rings. The standard InChI is InChI=1S/C26H23ClN2O3/c1-15-6-5-7-22(17(15)3)28-24-23(18-9-12-20(32-4)13-10-18)25(30)29(26(24)31)19-11-8-16(2)21(27)14-19/h5-14,28H,1-4H3. The number of methoxy groups -OCH3 is 1. The average Bonchev–Trinajstić information content (AvgIpc) is 3.03. The molecule has 1 aliphatic heterocycles. The van der Waals surface area contributed by atoms with E-state index in [9.17, 15) is 9.59 Å². The predicted molar refractivity (Wildman–Crippen MR) is 128 cm³/mol. The van der Waals surface area contributed by atoms with Crippen LogP contribution in [0.15, 0.2) is 66.4 Å². The Hall–Kier alpha value is -3.57. The lowest BCUT2D eigenvalue weighted by molar-refractivity contribution is -0.120. The highest BCUT2D eigenvalue weighted by molar-refractivity contribution is 6.46. The van der Waals surface area contributed by atoms with Crippen molar-refractivity contribution < 1.29 is 14.3 Å². The number of amides is 2. The Labute approximate surface area is 192 Å². The van der Waals surface area contributed by atoms with E-state index in [-0.39, 0.29) is 5.70 Å². The van der Waals surface area contributed by atoms with Gasteiger partial charge >= 0.3 is 0 Å². The number of benzene rings is 3. The topological polar surface area (TPSA) is 58.6 Å². The van der Waals surface area contributed by atoms with Gasteiger partial charge in [0.2, 0.25) is 0 Å². The highest BCUT2D eigenvalue weighted by Gasteiger charge is 2.40. The third-order valence-electron chi connectivity index (χ3n) is 5.74. The second kappa shape index (κ2) is 8.52. The number of carbonyl (C=O) groups excluding carboxylic acids is 2. The van der Waals surface area contributed by atoms with Crippen LogP contribution in [0.2, 0.25) is 5.02 Å². The molecule has 6 heteroatoms. The minimum atomic E-state index is -0.429. The summed E-state index contributed by atoms with van der Waals surface area (Å²) in [4.78, 5) is 28.3. The number of hydrogen-bond donors (Lipinski definition) is 1. The fourth-order valence-corrected chi connectivity index (χ4v) is 3.82. The normalized spacial score (nSPS) is 13.7. The maximum Gasteiger partial charge on any atom is 0.282 e. The molecule has 0 fully saturated rings. The molecule has 0 aliphatic carbocycles. The number of imide groups is 1. The van der Waals surface area contributed by atoms with Crippen LogP contribution in [0.1, 0.15) is 22.3 Å². The first-order valence-electron chi connectivity index (χ1n) is 10.2. The fourth-order valence-electron chi connectivity index (χ4n) is 3.65. The van der Waals surface area contributed by atoms with Crippen molar-refractivity contribution in [1.29, 1.82) is 0 Å². The molecule has 2 amide bonds. The van der Waals surface area contributed by atoms with Gasteiger partial charge in [0.1, 0.15) is 11.4 Å².